The summed E-state index contributed by atoms with van der Waals surface area (Å²) in [6.45, 7) is 5.89. The number of fused-ring (bicyclic) bond motifs is 1. The monoisotopic (exact) mass is 310 g/mol. The smallest absolute Gasteiger partial charge is 0.265 e. The summed E-state index contributed by atoms with van der Waals surface area (Å²) in [4.78, 5) is 25.5. The highest BCUT2D eigenvalue weighted by atomic mass is 35.5. The van der Waals surface area contributed by atoms with Crippen LogP contribution < -0.4 is 15.0 Å². The molecule has 0 saturated heterocycles. The van der Waals surface area contributed by atoms with Gasteiger partial charge in [-0.2, -0.15) is 0 Å². The number of carbonyl (C=O) groups is 2. The molecule has 0 bridgehead atoms. The molecule has 1 atom stereocenters. The van der Waals surface area contributed by atoms with E-state index in [1.165, 1.54) is 4.90 Å². The maximum atomic E-state index is 12.1. The first-order chi connectivity index (χ1) is 9.88. The van der Waals surface area contributed by atoms with Crippen molar-refractivity contribution < 1.29 is 14.3 Å². The molecule has 0 saturated carbocycles. The van der Waals surface area contributed by atoms with Gasteiger partial charge in [-0.15, -0.1) is 0 Å². The number of anilines is 1. The van der Waals surface area contributed by atoms with Gasteiger partial charge in [0, 0.05) is 11.1 Å². The van der Waals surface area contributed by atoms with Gasteiger partial charge in [0.2, 0.25) is 5.91 Å². The quantitative estimate of drug-likeness (QED) is 0.927. The summed E-state index contributed by atoms with van der Waals surface area (Å²) in [6, 6.07) is 5.07. The van der Waals surface area contributed by atoms with Crippen molar-refractivity contribution in [1.82, 2.24) is 5.32 Å². The summed E-state index contributed by atoms with van der Waals surface area (Å²) in [5.74, 6) is 0.439. The molecule has 2 amide bonds. The van der Waals surface area contributed by atoms with Crippen LogP contribution >= 0.6 is 11.6 Å². The first kappa shape index (κ1) is 15.6. The SMILES string of the molecule is CC(C)[C@@H](C)NC(=O)CN1C(=O)COc2ccc(Cl)cc21. The van der Waals surface area contributed by atoms with Crippen molar-refractivity contribution in [2.24, 2.45) is 5.92 Å². The highest BCUT2D eigenvalue weighted by Gasteiger charge is 2.28. The molecule has 5 nitrogen and oxygen atoms in total. The second kappa shape index (κ2) is 6.35. The fourth-order valence-corrected chi connectivity index (χ4v) is 2.12. The van der Waals surface area contributed by atoms with Crippen LogP contribution in [0.2, 0.25) is 5.02 Å². The van der Waals surface area contributed by atoms with Crippen LogP contribution in [0.15, 0.2) is 18.2 Å². The maximum Gasteiger partial charge on any atom is 0.265 e. The van der Waals surface area contributed by atoms with Crippen molar-refractivity contribution >= 4 is 29.1 Å². The van der Waals surface area contributed by atoms with Crippen molar-refractivity contribution in [2.45, 2.75) is 26.8 Å². The van der Waals surface area contributed by atoms with Gasteiger partial charge >= 0.3 is 0 Å². The third-order valence-corrected chi connectivity index (χ3v) is 3.79. The number of nitrogens with one attached hydrogen (secondary N) is 1. The Morgan fingerprint density at radius 2 is 2.14 bits per heavy atom. The minimum absolute atomic E-state index is 0.0351. The average molecular weight is 311 g/mol. The van der Waals surface area contributed by atoms with E-state index in [9.17, 15) is 9.59 Å². The lowest BCUT2D eigenvalue weighted by atomic mass is 10.1. The van der Waals surface area contributed by atoms with Crippen molar-refractivity contribution in [2.75, 3.05) is 18.1 Å². The zero-order valence-electron chi connectivity index (χ0n) is 12.4. The van der Waals surface area contributed by atoms with Crippen LogP contribution in [0, 0.1) is 5.92 Å². The number of amides is 2. The van der Waals surface area contributed by atoms with Gasteiger partial charge in [0.05, 0.1) is 5.69 Å². The molecule has 1 aromatic carbocycles. The molecule has 0 spiro atoms. The molecule has 2 rings (SSSR count). The summed E-state index contributed by atoms with van der Waals surface area (Å²) in [7, 11) is 0. The van der Waals surface area contributed by atoms with Gasteiger partial charge in [-0.1, -0.05) is 25.4 Å². The van der Waals surface area contributed by atoms with E-state index >= 15 is 0 Å². The Bertz CT molecular complexity index is 560. The van der Waals surface area contributed by atoms with Crippen LogP contribution in [0.4, 0.5) is 5.69 Å². The van der Waals surface area contributed by atoms with Crippen molar-refractivity contribution in [3.63, 3.8) is 0 Å². The Kier molecular flexibility index (Phi) is 4.73. The number of benzene rings is 1. The minimum Gasteiger partial charge on any atom is -0.482 e. The predicted molar refractivity (Wildman–Crippen MR) is 81.7 cm³/mol. The van der Waals surface area contributed by atoms with Crippen LogP contribution in [0.1, 0.15) is 20.8 Å². The van der Waals surface area contributed by atoms with Crippen molar-refractivity contribution in [3.8, 4) is 5.75 Å². The zero-order valence-corrected chi connectivity index (χ0v) is 13.1. The summed E-state index contributed by atoms with van der Waals surface area (Å²) < 4.78 is 5.34. The molecular formula is C15H19ClN2O3. The number of halogens is 1. The van der Waals surface area contributed by atoms with Gasteiger partial charge in [0.1, 0.15) is 12.3 Å². The number of nitrogens with zero attached hydrogens (tertiary/aromatic N) is 1. The molecule has 0 unspecified atom stereocenters. The fourth-order valence-electron chi connectivity index (χ4n) is 1.96. The summed E-state index contributed by atoms with van der Waals surface area (Å²) in [5, 5.41) is 3.38. The van der Waals surface area contributed by atoms with Crippen LogP contribution in [-0.4, -0.2) is 31.0 Å². The third kappa shape index (κ3) is 3.67. The Hall–Kier alpha value is -1.75. The lowest BCUT2D eigenvalue weighted by Gasteiger charge is -2.29. The fraction of sp³-hybridized carbons (Fsp3) is 0.467. The summed E-state index contributed by atoms with van der Waals surface area (Å²) >= 11 is 5.96. The largest absolute Gasteiger partial charge is 0.482 e. The van der Waals surface area contributed by atoms with Gasteiger partial charge in [0.25, 0.3) is 5.91 Å². The first-order valence-electron chi connectivity index (χ1n) is 6.90. The molecule has 1 aromatic rings. The highest BCUT2D eigenvalue weighted by Crippen LogP contribution is 2.34. The third-order valence-electron chi connectivity index (χ3n) is 3.55. The highest BCUT2D eigenvalue weighted by molar-refractivity contribution is 6.31. The van der Waals surface area contributed by atoms with E-state index in [0.29, 0.717) is 22.4 Å². The number of ether oxygens (including phenoxy) is 1. The Balaban J connectivity index is 2.14. The topological polar surface area (TPSA) is 58.6 Å². The van der Waals surface area contributed by atoms with E-state index in [0.717, 1.165) is 0 Å². The van der Waals surface area contributed by atoms with Crippen LogP contribution in [0.25, 0.3) is 0 Å². The Morgan fingerprint density at radius 3 is 2.81 bits per heavy atom. The second-order valence-electron chi connectivity index (χ2n) is 5.48. The summed E-state index contributed by atoms with van der Waals surface area (Å²) in [6.07, 6.45) is 0. The Morgan fingerprint density at radius 1 is 1.43 bits per heavy atom. The molecule has 1 aliphatic heterocycles. The molecular weight excluding hydrogens is 292 g/mol. The molecule has 0 fully saturated rings. The van der Waals surface area contributed by atoms with E-state index in [2.05, 4.69) is 5.32 Å². The van der Waals surface area contributed by atoms with E-state index in [1.54, 1.807) is 18.2 Å². The molecule has 1 heterocycles. The van der Waals surface area contributed by atoms with Gasteiger partial charge < -0.3 is 10.1 Å². The molecule has 0 aliphatic carbocycles. The van der Waals surface area contributed by atoms with E-state index < -0.39 is 0 Å². The number of rotatable bonds is 4. The first-order valence-corrected chi connectivity index (χ1v) is 7.28. The van der Waals surface area contributed by atoms with E-state index in [-0.39, 0.29) is 31.0 Å². The van der Waals surface area contributed by atoms with Gasteiger partial charge in [-0.05, 0) is 31.0 Å². The van der Waals surface area contributed by atoms with Gasteiger partial charge in [0.15, 0.2) is 6.61 Å². The van der Waals surface area contributed by atoms with Gasteiger partial charge in [-0.25, -0.2) is 0 Å². The van der Waals surface area contributed by atoms with Crippen LogP contribution in [0.5, 0.6) is 5.75 Å². The normalized spacial score (nSPS) is 15.5. The van der Waals surface area contributed by atoms with Crippen LogP contribution in [0.3, 0.4) is 0 Å². The second-order valence-corrected chi connectivity index (χ2v) is 5.92. The van der Waals surface area contributed by atoms with Crippen molar-refractivity contribution in [3.05, 3.63) is 23.2 Å². The van der Waals surface area contributed by atoms with Crippen LogP contribution in [-0.2, 0) is 9.59 Å². The number of hydrogen-bond donors (Lipinski definition) is 1. The molecule has 1 N–H and O–H groups in total. The van der Waals surface area contributed by atoms with E-state index in [1.807, 2.05) is 20.8 Å². The van der Waals surface area contributed by atoms with Crippen molar-refractivity contribution in [1.29, 1.82) is 0 Å². The number of hydrogen-bond acceptors (Lipinski definition) is 3. The van der Waals surface area contributed by atoms with Gasteiger partial charge in [-0.3, -0.25) is 14.5 Å². The lowest BCUT2D eigenvalue weighted by molar-refractivity contribution is -0.125. The Labute approximate surface area is 129 Å². The lowest BCUT2D eigenvalue weighted by Crippen LogP contribution is -2.47. The predicted octanol–water partition coefficient (Wildman–Crippen LogP) is 2.23. The number of carbonyl (C=O) groups excluding carboxylic acids is 2. The van der Waals surface area contributed by atoms with E-state index in [4.69, 9.17) is 16.3 Å². The maximum absolute atomic E-state index is 12.1. The molecule has 0 radical (unpaired) electrons. The molecule has 21 heavy (non-hydrogen) atoms. The molecule has 1 aliphatic rings. The molecule has 6 heteroatoms. The minimum atomic E-state index is -0.253. The average Bonchev–Trinajstić information content (AvgIpc) is 2.42. The zero-order chi connectivity index (χ0) is 15.6. The summed E-state index contributed by atoms with van der Waals surface area (Å²) in [5.41, 5.74) is 0.533. The molecule has 114 valence electrons. The standard InChI is InChI=1S/C15H19ClN2O3/c1-9(2)10(3)17-14(19)7-18-12-6-11(16)4-5-13(12)21-8-15(18)20/h4-6,9-10H,7-8H2,1-3H3,(H,17,19)/t10-/m1/s1. The molecule has 0 aromatic heterocycles.